The molecule has 0 amide bonds. The molecule has 0 aromatic carbocycles. The lowest BCUT2D eigenvalue weighted by Crippen LogP contribution is -2.31. The highest BCUT2D eigenvalue weighted by molar-refractivity contribution is 4.57. The standard InChI is InChI=1S/C17H38N2.C3H10N2.2C3H6/c1-3-4-5-6-7-8-9-10-11-12-13-14-15-19-16-17(2)18;1-3(5)2-4;2*1-3-2/h17,19H,3-16,18H2,1-2H3;3H,2,4-5H2,1H3;2*3H,1H2,2H3. The molecule has 0 bridgehead atoms. The van der Waals surface area contributed by atoms with Crippen molar-refractivity contribution in [1.82, 2.24) is 5.32 Å². The maximum Gasteiger partial charge on any atom is 0.0136 e. The van der Waals surface area contributed by atoms with Crippen molar-refractivity contribution in [2.75, 3.05) is 19.6 Å². The van der Waals surface area contributed by atoms with Crippen LogP contribution in [-0.4, -0.2) is 31.7 Å². The van der Waals surface area contributed by atoms with Gasteiger partial charge in [-0.15, -0.1) is 13.2 Å². The van der Waals surface area contributed by atoms with Gasteiger partial charge in [0.1, 0.15) is 0 Å². The largest absolute Gasteiger partial charge is 0.329 e. The minimum absolute atomic E-state index is 0.162. The summed E-state index contributed by atoms with van der Waals surface area (Å²) < 4.78 is 0. The third kappa shape index (κ3) is 63.1. The van der Waals surface area contributed by atoms with Gasteiger partial charge in [-0.2, -0.15) is 0 Å². The van der Waals surface area contributed by atoms with Crippen molar-refractivity contribution in [3.63, 3.8) is 0 Å². The molecule has 4 nitrogen and oxygen atoms in total. The van der Waals surface area contributed by atoms with E-state index < -0.39 is 0 Å². The van der Waals surface area contributed by atoms with Gasteiger partial charge in [0.2, 0.25) is 0 Å². The fourth-order valence-electron chi connectivity index (χ4n) is 2.42. The Labute approximate surface area is 191 Å². The van der Waals surface area contributed by atoms with E-state index in [1.807, 2.05) is 20.8 Å². The molecular weight excluding hydrogens is 368 g/mol. The minimum Gasteiger partial charge on any atom is -0.329 e. The SMILES string of the molecule is C=CC.C=CC.CC(N)CN.CCCCCCCCCCCCCCNCC(C)N. The molecule has 0 aliphatic heterocycles. The highest BCUT2D eigenvalue weighted by Gasteiger charge is 1.94. The minimum atomic E-state index is 0.162. The van der Waals surface area contributed by atoms with Crippen molar-refractivity contribution >= 4 is 0 Å². The van der Waals surface area contributed by atoms with Gasteiger partial charge in [0.05, 0.1) is 0 Å². The fourth-order valence-corrected chi connectivity index (χ4v) is 2.42. The van der Waals surface area contributed by atoms with Crippen molar-refractivity contribution in [3.05, 3.63) is 25.3 Å². The second-order valence-electron chi connectivity index (χ2n) is 8.10. The van der Waals surface area contributed by atoms with E-state index in [4.69, 9.17) is 17.2 Å². The van der Waals surface area contributed by atoms with Crippen LogP contribution in [0.3, 0.4) is 0 Å². The predicted octanol–water partition coefficient (Wildman–Crippen LogP) is 6.30. The van der Waals surface area contributed by atoms with E-state index >= 15 is 0 Å². The lowest BCUT2D eigenvalue weighted by atomic mass is 10.1. The molecule has 184 valence electrons. The van der Waals surface area contributed by atoms with Crippen LogP contribution in [0.25, 0.3) is 0 Å². The number of unbranched alkanes of at least 4 members (excludes halogenated alkanes) is 11. The molecule has 0 aliphatic rings. The van der Waals surface area contributed by atoms with Crippen LogP contribution in [0.1, 0.15) is 112 Å². The Hall–Kier alpha value is -0.680. The Kier molecular flexibility index (Phi) is 47.5. The molecule has 0 fully saturated rings. The maximum absolute atomic E-state index is 5.68. The van der Waals surface area contributed by atoms with Gasteiger partial charge in [0.15, 0.2) is 0 Å². The Morgan fingerprint density at radius 2 is 1.00 bits per heavy atom. The van der Waals surface area contributed by atoms with Gasteiger partial charge in [-0.25, -0.2) is 0 Å². The van der Waals surface area contributed by atoms with E-state index in [1.54, 1.807) is 12.2 Å². The first-order chi connectivity index (χ1) is 14.4. The zero-order valence-corrected chi connectivity index (χ0v) is 21.6. The first-order valence-corrected chi connectivity index (χ1v) is 12.4. The van der Waals surface area contributed by atoms with E-state index in [1.165, 1.54) is 77.0 Å². The summed E-state index contributed by atoms with van der Waals surface area (Å²) in [5.41, 5.74) is 15.9. The first kappa shape index (κ1) is 36.7. The van der Waals surface area contributed by atoms with Crippen molar-refractivity contribution in [2.24, 2.45) is 17.2 Å². The average Bonchev–Trinajstić information content (AvgIpc) is 2.69. The summed E-state index contributed by atoms with van der Waals surface area (Å²) in [6.45, 7) is 19.4. The average molecular weight is 429 g/mol. The second kappa shape index (κ2) is 38.9. The van der Waals surface area contributed by atoms with Crippen molar-refractivity contribution in [1.29, 1.82) is 0 Å². The van der Waals surface area contributed by atoms with Gasteiger partial charge in [0.25, 0.3) is 0 Å². The van der Waals surface area contributed by atoms with Crippen molar-refractivity contribution < 1.29 is 0 Å². The number of rotatable bonds is 16. The summed E-state index contributed by atoms with van der Waals surface area (Å²) in [5, 5.41) is 3.40. The summed E-state index contributed by atoms with van der Waals surface area (Å²) in [6, 6.07) is 0.451. The maximum atomic E-state index is 5.68. The molecule has 0 rings (SSSR count). The fraction of sp³-hybridized carbons (Fsp3) is 0.846. The molecule has 0 aromatic rings. The molecular formula is C26H60N4. The highest BCUT2D eigenvalue weighted by atomic mass is 14.9. The zero-order chi connectivity index (χ0) is 23.9. The Balaban J connectivity index is -0.000000253. The van der Waals surface area contributed by atoms with Crippen molar-refractivity contribution in [2.45, 2.75) is 124 Å². The number of nitrogens with two attached hydrogens (primary N) is 3. The summed E-state index contributed by atoms with van der Waals surface area (Å²) >= 11 is 0. The quantitative estimate of drug-likeness (QED) is 0.171. The van der Waals surface area contributed by atoms with Crippen LogP contribution >= 0.6 is 0 Å². The molecule has 0 saturated carbocycles. The van der Waals surface area contributed by atoms with Crippen LogP contribution in [0.15, 0.2) is 25.3 Å². The first-order valence-electron chi connectivity index (χ1n) is 12.4. The van der Waals surface area contributed by atoms with E-state index in [-0.39, 0.29) is 12.1 Å². The summed E-state index contributed by atoms with van der Waals surface area (Å²) in [4.78, 5) is 0. The van der Waals surface area contributed by atoms with Gasteiger partial charge >= 0.3 is 0 Å². The Morgan fingerprint density at radius 3 is 1.27 bits per heavy atom. The summed E-state index contributed by atoms with van der Waals surface area (Å²) in [7, 11) is 0. The monoisotopic (exact) mass is 428 g/mol. The smallest absolute Gasteiger partial charge is 0.0136 e. The summed E-state index contributed by atoms with van der Waals surface area (Å²) in [5.74, 6) is 0. The number of hydrogen-bond donors (Lipinski definition) is 4. The van der Waals surface area contributed by atoms with Gasteiger partial charge < -0.3 is 22.5 Å². The summed E-state index contributed by atoms with van der Waals surface area (Å²) in [6.07, 6.45) is 20.5. The van der Waals surface area contributed by atoms with Crippen LogP contribution in [0.4, 0.5) is 0 Å². The molecule has 7 N–H and O–H groups in total. The molecule has 0 aromatic heterocycles. The van der Waals surface area contributed by atoms with Gasteiger partial charge in [-0.1, -0.05) is 89.7 Å². The number of hydrogen-bond acceptors (Lipinski definition) is 4. The van der Waals surface area contributed by atoms with Gasteiger partial charge in [-0.05, 0) is 40.7 Å². The van der Waals surface area contributed by atoms with Crippen LogP contribution in [-0.2, 0) is 0 Å². The third-order valence-corrected chi connectivity index (χ3v) is 4.05. The van der Waals surface area contributed by atoms with Crippen LogP contribution < -0.4 is 22.5 Å². The molecule has 2 atom stereocenters. The van der Waals surface area contributed by atoms with E-state index in [0.29, 0.717) is 6.54 Å². The molecule has 0 aliphatic carbocycles. The topological polar surface area (TPSA) is 90.1 Å². The van der Waals surface area contributed by atoms with E-state index in [2.05, 4.69) is 32.3 Å². The molecule has 0 radical (unpaired) electrons. The highest BCUT2D eigenvalue weighted by Crippen LogP contribution is 2.11. The van der Waals surface area contributed by atoms with E-state index in [0.717, 1.165) is 13.1 Å². The van der Waals surface area contributed by atoms with Crippen molar-refractivity contribution in [3.8, 4) is 0 Å². The van der Waals surface area contributed by atoms with Crippen LogP contribution in [0.2, 0.25) is 0 Å². The van der Waals surface area contributed by atoms with E-state index in [9.17, 15) is 0 Å². The normalized spacial score (nSPS) is 11.5. The van der Waals surface area contributed by atoms with Gasteiger partial charge in [0, 0.05) is 25.2 Å². The van der Waals surface area contributed by atoms with Crippen LogP contribution in [0.5, 0.6) is 0 Å². The lowest BCUT2D eigenvalue weighted by molar-refractivity contribution is 0.529. The van der Waals surface area contributed by atoms with Crippen LogP contribution in [0, 0.1) is 0 Å². The lowest BCUT2D eigenvalue weighted by Gasteiger charge is -2.07. The molecule has 2 unspecified atom stereocenters. The Bertz CT molecular complexity index is 272. The molecule has 0 spiro atoms. The zero-order valence-electron chi connectivity index (χ0n) is 21.6. The molecule has 4 heteroatoms. The number of allylic oxidation sites excluding steroid dienone is 2. The number of nitrogens with one attached hydrogen (secondary N) is 1. The van der Waals surface area contributed by atoms with Gasteiger partial charge in [-0.3, -0.25) is 0 Å². The molecule has 0 saturated heterocycles. The predicted molar refractivity (Wildman–Crippen MR) is 142 cm³/mol. The molecule has 30 heavy (non-hydrogen) atoms. The molecule has 0 heterocycles. The third-order valence-electron chi connectivity index (χ3n) is 4.05. The Morgan fingerprint density at radius 1 is 0.700 bits per heavy atom. The second-order valence-corrected chi connectivity index (χ2v) is 8.10.